The summed E-state index contributed by atoms with van der Waals surface area (Å²) in [5, 5.41) is 3.56. The summed E-state index contributed by atoms with van der Waals surface area (Å²) >= 11 is 0. The van der Waals surface area contributed by atoms with Crippen LogP contribution in [-0.2, 0) is 9.53 Å². The van der Waals surface area contributed by atoms with Gasteiger partial charge in [0.2, 0.25) is 0 Å². The van der Waals surface area contributed by atoms with Crippen molar-refractivity contribution in [1.29, 1.82) is 0 Å². The summed E-state index contributed by atoms with van der Waals surface area (Å²) in [6, 6.07) is 0.848. The van der Waals surface area contributed by atoms with Gasteiger partial charge in [-0.05, 0) is 39.8 Å². The van der Waals surface area contributed by atoms with Crippen LogP contribution in [0, 0.1) is 0 Å². The van der Waals surface area contributed by atoms with Gasteiger partial charge in [-0.25, -0.2) is 0 Å². The maximum atomic E-state index is 11.5. The first kappa shape index (κ1) is 15.4. The summed E-state index contributed by atoms with van der Waals surface area (Å²) in [4.78, 5) is 13.9. The number of likely N-dealkylation sites (N-methyl/N-ethyl adjacent to an activating group) is 1. The number of carbonyl (C=O) groups excluding carboxylic acids is 1. The van der Waals surface area contributed by atoms with E-state index in [1.807, 2.05) is 6.92 Å². The summed E-state index contributed by atoms with van der Waals surface area (Å²) < 4.78 is 5.02. The molecule has 0 aromatic carbocycles. The minimum absolute atomic E-state index is 0.0833. The van der Waals surface area contributed by atoms with E-state index < -0.39 is 0 Å². The number of hydrogen-bond donors (Lipinski definition) is 1. The fourth-order valence-corrected chi connectivity index (χ4v) is 2.57. The Morgan fingerprint density at radius 2 is 2.22 bits per heavy atom. The molecule has 0 aromatic rings. The van der Waals surface area contributed by atoms with E-state index in [0.717, 1.165) is 19.6 Å². The van der Waals surface area contributed by atoms with Crippen LogP contribution in [0.1, 0.15) is 46.5 Å². The fourth-order valence-electron chi connectivity index (χ4n) is 2.57. The predicted octanol–water partition coefficient (Wildman–Crippen LogP) is 1.79. The largest absolute Gasteiger partial charge is 0.466 e. The summed E-state index contributed by atoms with van der Waals surface area (Å²) in [5.41, 5.74) is 0. The molecule has 4 nitrogen and oxygen atoms in total. The smallest absolute Gasteiger partial charge is 0.307 e. The Kier molecular flexibility index (Phi) is 7.28. The first-order chi connectivity index (χ1) is 8.67. The Hall–Kier alpha value is -0.610. The molecule has 1 saturated heterocycles. The highest BCUT2D eigenvalue weighted by Gasteiger charge is 2.21. The van der Waals surface area contributed by atoms with Gasteiger partial charge in [0, 0.05) is 18.6 Å². The van der Waals surface area contributed by atoms with E-state index in [0.29, 0.717) is 19.1 Å². The summed E-state index contributed by atoms with van der Waals surface area (Å²) in [6.07, 6.45) is 4.36. The Morgan fingerprint density at radius 3 is 2.78 bits per heavy atom. The SMILES string of the molecule is CCOC(=O)CC(C)N(CC)CC1CCCCN1. The molecule has 1 fully saturated rings. The average Bonchev–Trinajstić information content (AvgIpc) is 2.37. The molecule has 1 heterocycles. The van der Waals surface area contributed by atoms with Gasteiger partial charge < -0.3 is 10.1 Å². The molecule has 0 aliphatic carbocycles. The van der Waals surface area contributed by atoms with Crippen molar-refractivity contribution >= 4 is 5.97 Å². The van der Waals surface area contributed by atoms with E-state index >= 15 is 0 Å². The van der Waals surface area contributed by atoms with E-state index in [9.17, 15) is 4.79 Å². The summed E-state index contributed by atoms with van der Waals surface area (Å²) in [5.74, 6) is -0.0833. The van der Waals surface area contributed by atoms with Crippen LogP contribution in [0.4, 0.5) is 0 Å². The maximum absolute atomic E-state index is 11.5. The van der Waals surface area contributed by atoms with E-state index in [2.05, 4.69) is 24.1 Å². The summed E-state index contributed by atoms with van der Waals surface area (Å²) in [7, 11) is 0. The molecule has 2 unspecified atom stereocenters. The molecule has 4 heteroatoms. The first-order valence-corrected chi connectivity index (χ1v) is 7.30. The van der Waals surface area contributed by atoms with Gasteiger partial charge in [0.25, 0.3) is 0 Å². The van der Waals surface area contributed by atoms with Crippen molar-refractivity contribution < 1.29 is 9.53 Å². The monoisotopic (exact) mass is 256 g/mol. The first-order valence-electron chi connectivity index (χ1n) is 7.30. The van der Waals surface area contributed by atoms with E-state index in [4.69, 9.17) is 4.74 Å². The van der Waals surface area contributed by atoms with E-state index in [1.54, 1.807) is 0 Å². The number of ether oxygens (including phenoxy) is 1. The van der Waals surface area contributed by atoms with Gasteiger partial charge in [0.15, 0.2) is 0 Å². The van der Waals surface area contributed by atoms with Crippen LogP contribution in [0.3, 0.4) is 0 Å². The van der Waals surface area contributed by atoms with Crippen molar-refractivity contribution in [3.63, 3.8) is 0 Å². The average molecular weight is 256 g/mol. The van der Waals surface area contributed by atoms with Crippen molar-refractivity contribution in [2.75, 3.05) is 26.2 Å². The minimum atomic E-state index is -0.0833. The molecule has 106 valence electrons. The molecule has 1 aliphatic heterocycles. The van der Waals surface area contributed by atoms with Gasteiger partial charge in [-0.1, -0.05) is 13.3 Å². The number of nitrogens with zero attached hydrogens (tertiary/aromatic N) is 1. The molecule has 0 aromatic heterocycles. The standard InChI is InChI=1S/C14H28N2O2/c1-4-16(11-13-8-6-7-9-15-13)12(3)10-14(17)18-5-2/h12-13,15H,4-11H2,1-3H3. The quantitative estimate of drug-likeness (QED) is 0.705. The van der Waals surface area contributed by atoms with Crippen LogP contribution < -0.4 is 5.32 Å². The third-order valence-electron chi connectivity index (χ3n) is 3.66. The lowest BCUT2D eigenvalue weighted by atomic mass is 10.0. The fraction of sp³-hybridized carbons (Fsp3) is 0.929. The molecule has 0 spiro atoms. The highest BCUT2D eigenvalue weighted by Crippen LogP contribution is 2.12. The Balaban J connectivity index is 2.36. The molecule has 18 heavy (non-hydrogen) atoms. The Bertz CT molecular complexity index is 240. The minimum Gasteiger partial charge on any atom is -0.466 e. The number of rotatable bonds is 7. The van der Waals surface area contributed by atoms with Crippen molar-refractivity contribution in [1.82, 2.24) is 10.2 Å². The zero-order chi connectivity index (χ0) is 13.4. The number of hydrogen-bond acceptors (Lipinski definition) is 4. The Morgan fingerprint density at radius 1 is 1.44 bits per heavy atom. The highest BCUT2D eigenvalue weighted by molar-refractivity contribution is 5.70. The third-order valence-corrected chi connectivity index (χ3v) is 3.66. The van der Waals surface area contributed by atoms with Crippen molar-refractivity contribution in [3.05, 3.63) is 0 Å². The zero-order valence-corrected chi connectivity index (χ0v) is 12.1. The van der Waals surface area contributed by atoms with E-state index in [1.165, 1.54) is 19.3 Å². The van der Waals surface area contributed by atoms with Crippen LogP contribution in [0.2, 0.25) is 0 Å². The lowest BCUT2D eigenvalue weighted by molar-refractivity contribution is -0.144. The topological polar surface area (TPSA) is 41.6 Å². The second-order valence-electron chi connectivity index (χ2n) is 5.09. The normalized spacial score (nSPS) is 21.9. The number of piperidine rings is 1. The van der Waals surface area contributed by atoms with Crippen LogP contribution in [0.15, 0.2) is 0 Å². The molecular weight excluding hydrogens is 228 g/mol. The number of carbonyl (C=O) groups is 1. The van der Waals surface area contributed by atoms with Crippen molar-refractivity contribution in [3.8, 4) is 0 Å². The number of esters is 1. The lowest BCUT2D eigenvalue weighted by Gasteiger charge is -2.33. The van der Waals surface area contributed by atoms with Crippen molar-refractivity contribution in [2.24, 2.45) is 0 Å². The lowest BCUT2D eigenvalue weighted by Crippen LogP contribution is -2.47. The molecule has 0 saturated carbocycles. The van der Waals surface area contributed by atoms with Crippen LogP contribution in [-0.4, -0.2) is 49.2 Å². The predicted molar refractivity (Wildman–Crippen MR) is 73.6 cm³/mol. The highest BCUT2D eigenvalue weighted by atomic mass is 16.5. The molecule has 0 radical (unpaired) electrons. The number of nitrogens with one attached hydrogen (secondary N) is 1. The second-order valence-corrected chi connectivity index (χ2v) is 5.09. The van der Waals surface area contributed by atoms with Gasteiger partial charge >= 0.3 is 5.97 Å². The molecule has 1 rings (SSSR count). The zero-order valence-electron chi connectivity index (χ0n) is 12.1. The molecular formula is C14H28N2O2. The van der Waals surface area contributed by atoms with Crippen LogP contribution in [0.5, 0.6) is 0 Å². The Labute approximate surface area is 111 Å². The molecule has 0 bridgehead atoms. The second kappa shape index (κ2) is 8.48. The van der Waals surface area contributed by atoms with E-state index in [-0.39, 0.29) is 12.0 Å². The van der Waals surface area contributed by atoms with Gasteiger partial charge in [0.1, 0.15) is 0 Å². The van der Waals surface area contributed by atoms with Gasteiger partial charge in [-0.15, -0.1) is 0 Å². The van der Waals surface area contributed by atoms with Crippen LogP contribution >= 0.6 is 0 Å². The van der Waals surface area contributed by atoms with Crippen LogP contribution in [0.25, 0.3) is 0 Å². The van der Waals surface area contributed by atoms with Crippen molar-refractivity contribution in [2.45, 2.75) is 58.5 Å². The third kappa shape index (κ3) is 5.36. The molecule has 1 N–H and O–H groups in total. The summed E-state index contributed by atoms with van der Waals surface area (Å²) in [6.45, 7) is 9.76. The van der Waals surface area contributed by atoms with Gasteiger partial charge in [-0.3, -0.25) is 9.69 Å². The molecule has 0 amide bonds. The molecule has 2 atom stereocenters. The van der Waals surface area contributed by atoms with Gasteiger partial charge in [-0.2, -0.15) is 0 Å². The molecule has 1 aliphatic rings. The maximum Gasteiger partial charge on any atom is 0.307 e. The van der Waals surface area contributed by atoms with Gasteiger partial charge in [0.05, 0.1) is 13.0 Å².